The van der Waals surface area contributed by atoms with E-state index in [0.717, 1.165) is 25.7 Å². The van der Waals surface area contributed by atoms with Crippen molar-refractivity contribution in [3.05, 3.63) is 91.9 Å². The Morgan fingerprint density at radius 3 is 1.42 bits per heavy atom. The molecule has 0 fully saturated rings. The van der Waals surface area contributed by atoms with Gasteiger partial charge in [0.1, 0.15) is 0 Å². The molecule has 0 saturated heterocycles. The minimum atomic E-state index is 1.04. The van der Waals surface area contributed by atoms with Gasteiger partial charge in [0.2, 0.25) is 0 Å². The van der Waals surface area contributed by atoms with Crippen molar-refractivity contribution in [1.82, 2.24) is 0 Å². The lowest BCUT2D eigenvalue weighted by Gasteiger charge is -2.14. The first kappa shape index (κ1) is 16.5. The quantitative estimate of drug-likeness (QED) is 0.253. The molecule has 0 nitrogen and oxygen atoms in total. The van der Waals surface area contributed by atoms with Gasteiger partial charge in [-0.2, -0.15) is 0 Å². The minimum Gasteiger partial charge on any atom is -0.0584 e. The van der Waals surface area contributed by atoms with Gasteiger partial charge in [0.25, 0.3) is 0 Å². The highest BCUT2D eigenvalue weighted by Gasteiger charge is 2.12. The van der Waals surface area contributed by atoms with Gasteiger partial charge in [-0.1, -0.05) is 60.7 Å². The molecule has 12 rings (SSSR count). The van der Waals surface area contributed by atoms with Crippen molar-refractivity contribution in [3.63, 3.8) is 0 Å². The summed E-state index contributed by atoms with van der Waals surface area (Å²) < 4.78 is 2.47. The van der Waals surface area contributed by atoms with Crippen molar-refractivity contribution < 1.29 is 0 Å². The van der Waals surface area contributed by atoms with Crippen LogP contribution in [-0.4, -0.2) is 0 Å². The maximum absolute atomic E-state index is 3.87. The first-order valence-electron chi connectivity index (χ1n) is 9.09. The second-order valence-electron chi connectivity index (χ2n) is 7.19. The summed E-state index contributed by atoms with van der Waals surface area (Å²) in [6.45, 7) is 0. The predicted octanol–water partition coefficient (Wildman–Crippen LogP) is 7.40. The van der Waals surface area contributed by atoms with Crippen molar-refractivity contribution >= 4 is 53.4 Å². The van der Waals surface area contributed by atoms with Crippen molar-refractivity contribution in [2.45, 2.75) is 25.7 Å². The van der Waals surface area contributed by atoms with Crippen LogP contribution < -0.4 is 0 Å². The molecule has 26 heavy (non-hydrogen) atoms. The molecule has 0 atom stereocenters. The first-order chi connectivity index (χ1) is 12.7. The summed E-state index contributed by atoms with van der Waals surface area (Å²) in [5.41, 5.74) is 5.56. The van der Waals surface area contributed by atoms with Crippen LogP contribution in [0.1, 0.15) is 22.3 Å². The highest BCUT2D eigenvalue weighted by Crippen LogP contribution is 2.35. The number of hydrogen-bond donors (Lipinski definition) is 0. The van der Waals surface area contributed by atoms with Gasteiger partial charge in [-0.25, -0.2) is 0 Å². The second kappa shape index (κ2) is 6.51. The number of benzene rings is 4. The summed E-state index contributed by atoms with van der Waals surface area (Å²) in [6.07, 6.45) is 4.20. The van der Waals surface area contributed by atoms with Crippen LogP contribution in [0.2, 0.25) is 0 Å². The van der Waals surface area contributed by atoms with Gasteiger partial charge in [0.05, 0.1) is 0 Å². The van der Waals surface area contributed by atoms with E-state index in [-0.39, 0.29) is 0 Å². The standard InChI is InChI=1S/C24H18Br2/c25-23-17-5-1-15-3-7-20-14-16(4-8-19(20)13-15)2-6-18-10-12-21(23)22(11-9-17)24(18)26/h3-4,7-14H,1-2,5-6H2. The number of aryl methyl sites for hydroxylation is 4. The zero-order chi connectivity index (χ0) is 17.7. The molecule has 2 heteroatoms. The fourth-order valence-electron chi connectivity index (χ4n) is 4.02. The van der Waals surface area contributed by atoms with E-state index in [1.54, 1.807) is 0 Å². The molecular formula is C24H18Br2. The Balaban J connectivity index is 1.72. The Kier molecular flexibility index (Phi) is 4.14. The molecule has 4 aromatic carbocycles. The molecule has 4 aromatic rings. The highest BCUT2D eigenvalue weighted by atomic mass is 79.9. The lowest BCUT2D eigenvalue weighted by atomic mass is 9.95. The molecule has 128 valence electrons. The van der Waals surface area contributed by atoms with Crippen LogP contribution in [0.15, 0.2) is 69.6 Å². The summed E-state index contributed by atoms with van der Waals surface area (Å²) in [5, 5.41) is 5.28. The third-order valence-corrected chi connectivity index (χ3v) is 7.44. The predicted molar refractivity (Wildman–Crippen MR) is 118 cm³/mol. The monoisotopic (exact) mass is 464 g/mol. The fraction of sp³-hybridized carbons (Fsp3) is 0.167. The lowest BCUT2D eigenvalue weighted by Crippen LogP contribution is -1.97. The Morgan fingerprint density at radius 1 is 0.500 bits per heavy atom. The average Bonchev–Trinajstić information content (AvgIpc) is 2.66. The molecule has 8 aliphatic carbocycles. The van der Waals surface area contributed by atoms with Gasteiger partial charge in [0, 0.05) is 8.95 Å². The molecule has 0 N–H and O–H groups in total. The topological polar surface area (TPSA) is 0 Å². The SMILES string of the molecule is Brc1c2ccc3c(Br)c(ccc13)CCc1ccc3cc(ccc3c1)CC2. The molecule has 0 aromatic heterocycles. The van der Waals surface area contributed by atoms with Crippen molar-refractivity contribution in [2.75, 3.05) is 0 Å². The Morgan fingerprint density at radius 2 is 0.962 bits per heavy atom. The number of rotatable bonds is 0. The molecule has 0 radical (unpaired) electrons. The van der Waals surface area contributed by atoms with Gasteiger partial charge in [-0.3, -0.25) is 0 Å². The van der Waals surface area contributed by atoms with Crippen LogP contribution in [0.25, 0.3) is 21.5 Å². The summed E-state index contributed by atoms with van der Waals surface area (Å²) in [6, 6.07) is 22.9. The fourth-order valence-corrected chi connectivity index (χ4v) is 5.37. The smallest absolute Gasteiger partial charge is 0.0286 e. The normalized spacial score (nSPS) is 13.9. The third kappa shape index (κ3) is 2.80. The maximum Gasteiger partial charge on any atom is 0.0286 e. The molecule has 0 amide bonds. The molecule has 0 saturated carbocycles. The minimum absolute atomic E-state index is 1.04. The van der Waals surface area contributed by atoms with Crippen molar-refractivity contribution in [1.29, 1.82) is 0 Å². The van der Waals surface area contributed by atoms with Crippen LogP contribution >= 0.6 is 31.9 Å². The summed E-state index contributed by atoms with van der Waals surface area (Å²) in [7, 11) is 0. The Hall–Kier alpha value is -1.64. The molecule has 8 bridgehead atoms. The maximum atomic E-state index is 3.87. The zero-order valence-corrected chi connectivity index (χ0v) is 17.5. The Bertz CT molecular complexity index is 1070. The van der Waals surface area contributed by atoms with E-state index in [1.165, 1.54) is 52.7 Å². The van der Waals surface area contributed by atoms with Gasteiger partial charge in [-0.15, -0.1) is 0 Å². The molecular weight excluding hydrogens is 448 g/mol. The molecule has 0 aliphatic heterocycles. The van der Waals surface area contributed by atoms with Crippen LogP contribution in [0.4, 0.5) is 0 Å². The number of hydrogen-bond acceptors (Lipinski definition) is 0. The van der Waals surface area contributed by atoms with Gasteiger partial charge >= 0.3 is 0 Å². The molecule has 8 aliphatic rings. The summed E-state index contributed by atoms with van der Waals surface area (Å²) >= 11 is 7.74. The number of halogens is 2. The molecule has 0 heterocycles. The van der Waals surface area contributed by atoms with Gasteiger partial charge in [0.15, 0.2) is 0 Å². The van der Waals surface area contributed by atoms with E-state index in [9.17, 15) is 0 Å². The summed E-state index contributed by atoms with van der Waals surface area (Å²) in [4.78, 5) is 0. The molecule has 0 unspecified atom stereocenters. The van der Waals surface area contributed by atoms with Crippen LogP contribution in [-0.2, 0) is 25.7 Å². The van der Waals surface area contributed by atoms with E-state index in [1.807, 2.05) is 0 Å². The van der Waals surface area contributed by atoms with Crippen molar-refractivity contribution in [2.24, 2.45) is 0 Å². The first-order valence-corrected chi connectivity index (χ1v) is 10.7. The zero-order valence-electron chi connectivity index (χ0n) is 14.4. The third-order valence-electron chi connectivity index (χ3n) is 5.56. The highest BCUT2D eigenvalue weighted by molar-refractivity contribution is 9.11. The van der Waals surface area contributed by atoms with E-state index in [0.29, 0.717) is 0 Å². The van der Waals surface area contributed by atoms with E-state index < -0.39 is 0 Å². The summed E-state index contributed by atoms with van der Waals surface area (Å²) in [5.74, 6) is 0. The van der Waals surface area contributed by atoms with E-state index >= 15 is 0 Å². The second-order valence-corrected chi connectivity index (χ2v) is 8.77. The van der Waals surface area contributed by atoms with Crippen molar-refractivity contribution in [3.8, 4) is 0 Å². The van der Waals surface area contributed by atoms with Crippen LogP contribution in [0.5, 0.6) is 0 Å². The lowest BCUT2D eigenvalue weighted by molar-refractivity contribution is 0.952. The largest absolute Gasteiger partial charge is 0.0584 e. The van der Waals surface area contributed by atoms with Gasteiger partial charge < -0.3 is 0 Å². The van der Waals surface area contributed by atoms with Crippen LogP contribution in [0, 0.1) is 0 Å². The average molecular weight is 466 g/mol. The van der Waals surface area contributed by atoms with Crippen LogP contribution in [0.3, 0.4) is 0 Å². The van der Waals surface area contributed by atoms with E-state index in [2.05, 4.69) is 92.5 Å². The molecule has 0 spiro atoms. The van der Waals surface area contributed by atoms with Gasteiger partial charge in [-0.05, 0) is 101 Å². The van der Waals surface area contributed by atoms with E-state index in [4.69, 9.17) is 0 Å². The Labute approximate surface area is 170 Å².